The van der Waals surface area contributed by atoms with E-state index in [1.165, 1.54) is 18.3 Å². The molecule has 1 heterocycles. The Balaban J connectivity index is 2.79. The maximum Gasteiger partial charge on any atom is 0.339 e. The van der Waals surface area contributed by atoms with Gasteiger partial charge in [0.1, 0.15) is 11.4 Å². The molecule has 0 aromatic carbocycles. The Morgan fingerprint density at radius 1 is 1.64 bits per heavy atom. The second kappa shape index (κ2) is 4.50. The van der Waals surface area contributed by atoms with E-state index in [1.807, 2.05) is 0 Å². The van der Waals surface area contributed by atoms with Crippen LogP contribution in [0.3, 0.4) is 0 Å². The fourth-order valence-corrected chi connectivity index (χ4v) is 0.893. The fraction of sp³-hybridized carbons (Fsp3) is 0.250. The zero-order chi connectivity index (χ0) is 10.6. The van der Waals surface area contributed by atoms with E-state index < -0.39 is 18.9 Å². The standard InChI is InChI=1S/C8H8F2N2O2/c9-6(10)4-12-7-5(8(13)14)2-1-3-11-7/h1-3,6H,4H2,(H,11,12)(H,13,14). The number of alkyl halides is 2. The smallest absolute Gasteiger partial charge is 0.339 e. The second-order valence-electron chi connectivity index (χ2n) is 2.48. The molecule has 6 heteroatoms. The number of hydrogen-bond donors (Lipinski definition) is 2. The molecule has 0 unspecified atom stereocenters. The van der Waals surface area contributed by atoms with Crippen LogP contribution in [-0.2, 0) is 0 Å². The molecule has 0 bridgehead atoms. The van der Waals surface area contributed by atoms with Crippen molar-refractivity contribution >= 4 is 11.8 Å². The summed E-state index contributed by atoms with van der Waals surface area (Å²) in [6.45, 7) is -0.614. The number of carboxylic acid groups (broad SMARTS) is 1. The first kappa shape index (κ1) is 10.4. The molecule has 2 N–H and O–H groups in total. The Kier molecular flexibility index (Phi) is 3.33. The minimum absolute atomic E-state index is 0.0414. The van der Waals surface area contributed by atoms with E-state index in [4.69, 9.17) is 5.11 Å². The number of aromatic carboxylic acids is 1. The molecular formula is C8H8F2N2O2. The van der Waals surface area contributed by atoms with Gasteiger partial charge in [0.25, 0.3) is 6.43 Å². The summed E-state index contributed by atoms with van der Waals surface area (Å²) in [4.78, 5) is 14.2. The third-order valence-electron chi connectivity index (χ3n) is 1.46. The van der Waals surface area contributed by atoms with Gasteiger partial charge in [0.2, 0.25) is 0 Å². The molecule has 1 aromatic heterocycles. The number of pyridine rings is 1. The highest BCUT2D eigenvalue weighted by Crippen LogP contribution is 2.11. The van der Waals surface area contributed by atoms with Crippen LogP contribution < -0.4 is 5.32 Å². The van der Waals surface area contributed by atoms with Gasteiger partial charge >= 0.3 is 5.97 Å². The van der Waals surface area contributed by atoms with Crippen molar-refractivity contribution in [3.63, 3.8) is 0 Å². The molecule has 0 aliphatic rings. The number of anilines is 1. The van der Waals surface area contributed by atoms with Gasteiger partial charge in [0.15, 0.2) is 0 Å². The number of nitrogens with zero attached hydrogens (tertiary/aromatic N) is 1. The van der Waals surface area contributed by atoms with Crippen LogP contribution in [0.4, 0.5) is 14.6 Å². The van der Waals surface area contributed by atoms with Gasteiger partial charge in [-0.1, -0.05) is 0 Å². The highest BCUT2D eigenvalue weighted by molar-refractivity contribution is 5.92. The van der Waals surface area contributed by atoms with Crippen LogP contribution >= 0.6 is 0 Å². The van der Waals surface area contributed by atoms with E-state index in [2.05, 4.69) is 10.3 Å². The van der Waals surface area contributed by atoms with E-state index >= 15 is 0 Å². The molecular weight excluding hydrogens is 194 g/mol. The molecule has 0 amide bonds. The molecule has 0 atom stereocenters. The number of aromatic nitrogens is 1. The summed E-state index contributed by atoms with van der Waals surface area (Å²) in [5.74, 6) is -1.24. The molecule has 0 saturated heterocycles. The first-order valence-corrected chi connectivity index (χ1v) is 3.81. The maximum atomic E-state index is 11.8. The summed E-state index contributed by atoms with van der Waals surface area (Å²) in [6.07, 6.45) is -1.21. The molecule has 14 heavy (non-hydrogen) atoms. The lowest BCUT2D eigenvalue weighted by Crippen LogP contribution is -2.14. The van der Waals surface area contributed by atoms with E-state index in [0.717, 1.165) is 0 Å². The molecule has 0 radical (unpaired) electrons. The molecule has 76 valence electrons. The average molecular weight is 202 g/mol. The van der Waals surface area contributed by atoms with E-state index in [-0.39, 0.29) is 11.4 Å². The summed E-state index contributed by atoms with van der Waals surface area (Å²) in [5.41, 5.74) is -0.117. The van der Waals surface area contributed by atoms with Gasteiger partial charge in [0.05, 0.1) is 6.54 Å². The van der Waals surface area contributed by atoms with E-state index in [1.54, 1.807) is 0 Å². The number of rotatable bonds is 4. The third kappa shape index (κ3) is 2.65. The predicted octanol–water partition coefficient (Wildman–Crippen LogP) is 1.46. The van der Waals surface area contributed by atoms with E-state index in [9.17, 15) is 13.6 Å². The monoisotopic (exact) mass is 202 g/mol. The van der Waals surface area contributed by atoms with Crippen molar-refractivity contribution in [2.75, 3.05) is 11.9 Å². The summed E-state index contributed by atoms with van der Waals surface area (Å²) < 4.78 is 23.6. The van der Waals surface area contributed by atoms with Crippen molar-refractivity contribution in [2.45, 2.75) is 6.43 Å². The van der Waals surface area contributed by atoms with Gasteiger partial charge in [-0.05, 0) is 12.1 Å². The molecule has 0 fully saturated rings. The van der Waals surface area contributed by atoms with Crippen LogP contribution in [0.5, 0.6) is 0 Å². The zero-order valence-corrected chi connectivity index (χ0v) is 7.08. The Morgan fingerprint density at radius 2 is 2.36 bits per heavy atom. The summed E-state index contributed by atoms with van der Waals surface area (Å²) in [5, 5.41) is 10.9. The van der Waals surface area contributed by atoms with Crippen LogP contribution in [-0.4, -0.2) is 29.0 Å². The van der Waals surface area contributed by atoms with Gasteiger partial charge < -0.3 is 10.4 Å². The molecule has 0 aliphatic heterocycles. The van der Waals surface area contributed by atoms with Gasteiger partial charge in [-0.15, -0.1) is 0 Å². The zero-order valence-electron chi connectivity index (χ0n) is 7.08. The maximum absolute atomic E-state index is 11.8. The van der Waals surface area contributed by atoms with Crippen molar-refractivity contribution in [1.82, 2.24) is 4.98 Å². The molecule has 1 rings (SSSR count). The van der Waals surface area contributed by atoms with Gasteiger partial charge in [0, 0.05) is 6.20 Å². The average Bonchev–Trinajstić information content (AvgIpc) is 2.15. The van der Waals surface area contributed by atoms with Crippen LogP contribution in [0, 0.1) is 0 Å². The SMILES string of the molecule is O=C(O)c1cccnc1NCC(F)F. The van der Waals surface area contributed by atoms with Crippen molar-refractivity contribution in [3.8, 4) is 0 Å². The first-order chi connectivity index (χ1) is 6.61. The Labute approximate surface area is 78.6 Å². The lowest BCUT2D eigenvalue weighted by atomic mass is 10.2. The number of carbonyl (C=O) groups is 1. The normalized spacial score (nSPS) is 10.2. The van der Waals surface area contributed by atoms with Crippen LogP contribution in [0.2, 0.25) is 0 Å². The van der Waals surface area contributed by atoms with Gasteiger partial charge in [-0.2, -0.15) is 0 Å². The van der Waals surface area contributed by atoms with Crippen molar-refractivity contribution in [3.05, 3.63) is 23.9 Å². The molecule has 0 saturated carbocycles. The fourth-order valence-electron chi connectivity index (χ4n) is 0.893. The number of halogens is 2. The van der Waals surface area contributed by atoms with E-state index in [0.29, 0.717) is 0 Å². The molecule has 4 nitrogen and oxygen atoms in total. The second-order valence-corrected chi connectivity index (χ2v) is 2.48. The van der Waals surface area contributed by atoms with Crippen molar-refractivity contribution < 1.29 is 18.7 Å². The largest absolute Gasteiger partial charge is 0.478 e. The molecule has 1 aromatic rings. The number of hydrogen-bond acceptors (Lipinski definition) is 3. The minimum Gasteiger partial charge on any atom is -0.478 e. The van der Waals surface area contributed by atoms with Crippen LogP contribution in [0.15, 0.2) is 18.3 Å². The van der Waals surface area contributed by atoms with Crippen molar-refractivity contribution in [1.29, 1.82) is 0 Å². The Morgan fingerprint density at radius 3 is 2.93 bits per heavy atom. The van der Waals surface area contributed by atoms with Gasteiger partial charge in [-0.25, -0.2) is 18.6 Å². The Hall–Kier alpha value is -1.72. The lowest BCUT2D eigenvalue weighted by Gasteiger charge is -2.06. The molecule has 0 aliphatic carbocycles. The Bertz CT molecular complexity index is 331. The predicted molar refractivity (Wildman–Crippen MR) is 45.7 cm³/mol. The molecule has 0 spiro atoms. The highest BCUT2D eigenvalue weighted by atomic mass is 19.3. The first-order valence-electron chi connectivity index (χ1n) is 3.81. The van der Waals surface area contributed by atoms with Crippen molar-refractivity contribution in [2.24, 2.45) is 0 Å². The highest BCUT2D eigenvalue weighted by Gasteiger charge is 2.11. The summed E-state index contributed by atoms with van der Waals surface area (Å²) in [6, 6.07) is 2.72. The van der Waals surface area contributed by atoms with Gasteiger partial charge in [-0.3, -0.25) is 0 Å². The number of nitrogens with one attached hydrogen (secondary N) is 1. The quantitative estimate of drug-likeness (QED) is 0.775. The topological polar surface area (TPSA) is 62.2 Å². The van der Waals surface area contributed by atoms with Crippen LogP contribution in [0.1, 0.15) is 10.4 Å². The lowest BCUT2D eigenvalue weighted by molar-refractivity contribution is 0.0697. The third-order valence-corrected chi connectivity index (χ3v) is 1.46. The summed E-state index contributed by atoms with van der Waals surface area (Å²) in [7, 11) is 0. The summed E-state index contributed by atoms with van der Waals surface area (Å²) >= 11 is 0. The van der Waals surface area contributed by atoms with Crippen LogP contribution in [0.25, 0.3) is 0 Å². The minimum atomic E-state index is -2.54. The number of carboxylic acids is 1.